The smallest absolute Gasteiger partial charge is 0.182 e. The number of rotatable bonds is 4. The number of ether oxygens (including phenoxy) is 2. The number of carbonyl (C=O) groups is 1. The number of nitriles is 1. The largest absolute Gasteiger partial charge is 0.486 e. The van der Waals surface area contributed by atoms with Crippen LogP contribution in [0.25, 0.3) is 0 Å². The highest BCUT2D eigenvalue weighted by molar-refractivity contribution is 7.16. The number of nitrogens with one attached hydrogen (secondary N) is 1. The highest BCUT2D eigenvalue weighted by Gasteiger charge is 2.21. The molecule has 0 spiro atoms. The lowest BCUT2D eigenvalue weighted by atomic mass is 9.96. The van der Waals surface area contributed by atoms with Crippen molar-refractivity contribution in [2.75, 3.05) is 25.1 Å². The van der Waals surface area contributed by atoms with E-state index in [1.165, 1.54) is 16.9 Å². The molecule has 0 atom stereocenters. The molecule has 0 fully saturated rings. The highest BCUT2D eigenvalue weighted by atomic mass is 32.1. The molecule has 128 valence electrons. The van der Waals surface area contributed by atoms with E-state index in [0.717, 1.165) is 29.8 Å². The summed E-state index contributed by atoms with van der Waals surface area (Å²) in [5.41, 5.74) is 2.47. The van der Waals surface area contributed by atoms with Crippen LogP contribution >= 0.6 is 11.3 Å². The zero-order valence-electron chi connectivity index (χ0n) is 13.8. The zero-order valence-corrected chi connectivity index (χ0v) is 14.6. The maximum Gasteiger partial charge on any atom is 0.182 e. The van der Waals surface area contributed by atoms with Crippen molar-refractivity contribution < 1.29 is 14.3 Å². The van der Waals surface area contributed by atoms with Gasteiger partial charge in [0.1, 0.15) is 24.3 Å². The summed E-state index contributed by atoms with van der Waals surface area (Å²) in [7, 11) is 0. The molecule has 1 N–H and O–H groups in total. The molecule has 5 nitrogen and oxygen atoms in total. The monoisotopic (exact) mass is 354 g/mol. The van der Waals surface area contributed by atoms with Crippen molar-refractivity contribution in [2.45, 2.75) is 25.7 Å². The molecule has 6 heteroatoms. The Morgan fingerprint density at radius 1 is 1.20 bits per heavy atom. The average molecular weight is 354 g/mol. The first kappa shape index (κ1) is 16.0. The number of anilines is 1. The third kappa shape index (κ3) is 3.08. The van der Waals surface area contributed by atoms with Gasteiger partial charge in [-0.15, -0.1) is 11.3 Å². The van der Waals surface area contributed by atoms with E-state index in [1.54, 1.807) is 29.5 Å². The number of benzene rings is 1. The summed E-state index contributed by atoms with van der Waals surface area (Å²) in [6.45, 7) is 1.19. The molecule has 4 rings (SSSR count). The first-order valence-corrected chi connectivity index (χ1v) is 9.29. The van der Waals surface area contributed by atoms with E-state index in [1.807, 2.05) is 0 Å². The number of thiophene rings is 1. The standard InChI is InChI=1S/C19H18N2O3S/c20-10-14-13-3-1-2-4-18(13)25-19(14)21-11-15(22)12-5-6-16-17(9-12)24-8-7-23-16/h5-6,9,21H,1-4,7-8,11H2. The zero-order chi connectivity index (χ0) is 17.2. The van der Waals surface area contributed by atoms with Crippen LogP contribution in [0, 0.1) is 11.3 Å². The van der Waals surface area contributed by atoms with E-state index in [4.69, 9.17) is 9.47 Å². The molecule has 25 heavy (non-hydrogen) atoms. The summed E-state index contributed by atoms with van der Waals surface area (Å²) < 4.78 is 11.0. The van der Waals surface area contributed by atoms with Crippen molar-refractivity contribution in [1.82, 2.24) is 0 Å². The maximum absolute atomic E-state index is 12.5. The van der Waals surface area contributed by atoms with Gasteiger partial charge in [-0.05, 0) is 49.4 Å². The molecule has 1 aliphatic carbocycles. The molecular formula is C19H18N2O3S. The molecule has 0 saturated heterocycles. The van der Waals surface area contributed by atoms with Gasteiger partial charge in [-0.2, -0.15) is 5.26 Å². The summed E-state index contributed by atoms with van der Waals surface area (Å²) >= 11 is 1.62. The number of nitrogens with zero attached hydrogens (tertiary/aromatic N) is 1. The van der Waals surface area contributed by atoms with E-state index >= 15 is 0 Å². The molecule has 0 saturated carbocycles. The molecule has 2 heterocycles. The normalized spacial score (nSPS) is 15.2. The molecular weight excluding hydrogens is 336 g/mol. The van der Waals surface area contributed by atoms with E-state index in [2.05, 4.69) is 11.4 Å². The average Bonchev–Trinajstić information content (AvgIpc) is 3.03. The molecule has 0 unspecified atom stereocenters. The van der Waals surface area contributed by atoms with Crippen molar-refractivity contribution >= 4 is 22.1 Å². The number of Topliss-reactive ketones (excluding diaryl/α,β-unsaturated/α-hetero) is 1. The van der Waals surface area contributed by atoms with Gasteiger partial charge in [0.2, 0.25) is 0 Å². The quantitative estimate of drug-likeness (QED) is 0.850. The number of ketones is 1. The van der Waals surface area contributed by atoms with Crippen LogP contribution in [0.1, 0.15) is 39.2 Å². The number of aryl methyl sites for hydroxylation is 1. The number of hydrogen-bond donors (Lipinski definition) is 1. The van der Waals surface area contributed by atoms with Crippen molar-refractivity contribution in [3.8, 4) is 17.6 Å². The van der Waals surface area contributed by atoms with Crippen LogP contribution in [0.2, 0.25) is 0 Å². The molecule has 2 aliphatic rings. The highest BCUT2D eigenvalue weighted by Crippen LogP contribution is 2.37. The van der Waals surface area contributed by atoms with Crippen molar-refractivity contribution in [3.63, 3.8) is 0 Å². The Labute approximate surface area is 150 Å². The van der Waals surface area contributed by atoms with Crippen LogP contribution in [-0.2, 0) is 12.8 Å². The second-order valence-electron chi connectivity index (χ2n) is 6.16. The molecule has 1 aliphatic heterocycles. The minimum absolute atomic E-state index is 0.0350. The first-order valence-electron chi connectivity index (χ1n) is 8.47. The van der Waals surface area contributed by atoms with Crippen LogP contribution in [0.15, 0.2) is 18.2 Å². The van der Waals surface area contributed by atoms with Gasteiger partial charge in [0.25, 0.3) is 0 Å². The van der Waals surface area contributed by atoms with Crippen LogP contribution in [0.5, 0.6) is 11.5 Å². The Hall–Kier alpha value is -2.52. The fourth-order valence-corrected chi connectivity index (χ4v) is 4.52. The Morgan fingerprint density at radius 2 is 2.00 bits per heavy atom. The summed E-state index contributed by atoms with van der Waals surface area (Å²) in [6, 6.07) is 7.56. The summed E-state index contributed by atoms with van der Waals surface area (Å²) in [5.74, 6) is 1.25. The van der Waals surface area contributed by atoms with Gasteiger partial charge in [0, 0.05) is 10.4 Å². The van der Waals surface area contributed by atoms with Crippen LogP contribution in [0.4, 0.5) is 5.00 Å². The molecule has 0 amide bonds. The van der Waals surface area contributed by atoms with E-state index < -0.39 is 0 Å². The van der Waals surface area contributed by atoms with Crippen LogP contribution < -0.4 is 14.8 Å². The summed E-state index contributed by atoms with van der Waals surface area (Å²) in [5, 5.41) is 13.5. The predicted molar refractivity (Wildman–Crippen MR) is 95.9 cm³/mol. The van der Waals surface area contributed by atoms with Gasteiger partial charge in [-0.3, -0.25) is 4.79 Å². The lowest BCUT2D eigenvalue weighted by Crippen LogP contribution is -2.17. The number of carbonyl (C=O) groups excluding carboxylic acids is 1. The van der Waals surface area contributed by atoms with Crippen molar-refractivity contribution in [3.05, 3.63) is 39.8 Å². The number of fused-ring (bicyclic) bond motifs is 2. The minimum atomic E-state index is -0.0350. The lowest BCUT2D eigenvalue weighted by Gasteiger charge is -2.18. The van der Waals surface area contributed by atoms with Gasteiger partial charge in [-0.1, -0.05) is 0 Å². The van der Waals surface area contributed by atoms with Gasteiger partial charge < -0.3 is 14.8 Å². The lowest BCUT2D eigenvalue weighted by molar-refractivity contribution is 0.100. The van der Waals surface area contributed by atoms with Gasteiger partial charge in [0.05, 0.1) is 12.1 Å². The fraction of sp³-hybridized carbons (Fsp3) is 0.368. The van der Waals surface area contributed by atoms with Crippen molar-refractivity contribution in [2.24, 2.45) is 0 Å². The molecule has 1 aromatic carbocycles. The molecule has 2 aromatic rings. The third-order valence-corrected chi connectivity index (χ3v) is 5.81. The maximum atomic E-state index is 12.5. The molecule has 1 aromatic heterocycles. The number of hydrogen-bond acceptors (Lipinski definition) is 6. The van der Waals surface area contributed by atoms with Crippen LogP contribution in [-0.4, -0.2) is 25.5 Å². The Kier molecular flexibility index (Phi) is 4.33. The van der Waals surface area contributed by atoms with Gasteiger partial charge in [0.15, 0.2) is 17.3 Å². The predicted octanol–water partition coefficient (Wildman–Crippen LogP) is 3.56. The van der Waals surface area contributed by atoms with Crippen molar-refractivity contribution in [1.29, 1.82) is 5.26 Å². The molecule has 0 radical (unpaired) electrons. The minimum Gasteiger partial charge on any atom is -0.486 e. The summed E-state index contributed by atoms with van der Waals surface area (Å²) in [4.78, 5) is 13.8. The Balaban J connectivity index is 1.49. The second kappa shape index (κ2) is 6.77. The SMILES string of the molecule is N#Cc1c(NCC(=O)c2ccc3c(c2)OCCO3)sc2c1CCCC2. The summed E-state index contributed by atoms with van der Waals surface area (Å²) in [6.07, 6.45) is 4.31. The third-order valence-electron chi connectivity index (χ3n) is 4.56. The van der Waals surface area contributed by atoms with Gasteiger partial charge >= 0.3 is 0 Å². The first-order chi connectivity index (χ1) is 12.3. The van der Waals surface area contributed by atoms with E-state index in [9.17, 15) is 10.1 Å². The Morgan fingerprint density at radius 3 is 2.84 bits per heavy atom. The second-order valence-corrected chi connectivity index (χ2v) is 7.27. The van der Waals surface area contributed by atoms with E-state index in [-0.39, 0.29) is 12.3 Å². The van der Waals surface area contributed by atoms with E-state index in [0.29, 0.717) is 30.3 Å². The Bertz CT molecular complexity index is 866. The fourth-order valence-electron chi connectivity index (χ4n) is 3.29. The van der Waals surface area contributed by atoms with Gasteiger partial charge in [-0.25, -0.2) is 0 Å². The molecule has 0 bridgehead atoms. The topological polar surface area (TPSA) is 71.4 Å². The van der Waals surface area contributed by atoms with Crippen LogP contribution in [0.3, 0.4) is 0 Å².